The van der Waals surface area contributed by atoms with E-state index in [-0.39, 0.29) is 5.91 Å². The predicted octanol–water partition coefficient (Wildman–Crippen LogP) is 5.54. The van der Waals surface area contributed by atoms with E-state index in [1.807, 2.05) is 66.9 Å². The van der Waals surface area contributed by atoms with E-state index in [1.165, 1.54) is 30.6 Å². The highest BCUT2D eigenvalue weighted by atomic mass is 32.1. The Kier molecular flexibility index (Phi) is 6.32. The Morgan fingerprint density at radius 3 is 2.58 bits per heavy atom. The van der Waals surface area contributed by atoms with Crippen molar-refractivity contribution >= 4 is 22.4 Å². The largest absolute Gasteiger partial charge is 0.298 e. The maximum absolute atomic E-state index is 13.4. The first-order valence-electron chi connectivity index (χ1n) is 11.4. The molecule has 7 heteroatoms. The molecule has 1 N–H and O–H groups in total. The summed E-state index contributed by atoms with van der Waals surface area (Å²) >= 11 is 1.47. The van der Waals surface area contributed by atoms with Gasteiger partial charge in [0.05, 0.1) is 16.9 Å². The van der Waals surface area contributed by atoms with E-state index >= 15 is 0 Å². The summed E-state index contributed by atoms with van der Waals surface area (Å²) in [6.45, 7) is 5.12. The number of nitrogens with zero attached hydrogens (tertiary/aromatic N) is 4. The van der Waals surface area contributed by atoms with Crippen LogP contribution in [0.3, 0.4) is 0 Å². The molecule has 4 aromatic rings. The van der Waals surface area contributed by atoms with Gasteiger partial charge >= 0.3 is 0 Å². The number of likely N-dealkylation sites (tertiary alicyclic amines) is 1. The fourth-order valence-corrected chi connectivity index (χ4v) is 4.94. The van der Waals surface area contributed by atoms with Gasteiger partial charge in [0, 0.05) is 23.7 Å². The molecule has 0 bridgehead atoms. The van der Waals surface area contributed by atoms with Crippen LogP contribution in [0.25, 0.3) is 16.9 Å². The van der Waals surface area contributed by atoms with Gasteiger partial charge in [0.25, 0.3) is 5.91 Å². The first kappa shape index (κ1) is 21.6. The van der Waals surface area contributed by atoms with Gasteiger partial charge in [-0.25, -0.2) is 9.67 Å². The van der Waals surface area contributed by atoms with Crippen LogP contribution in [0.15, 0.2) is 66.2 Å². The van der Waals surface area contributed by atoms with Crippen molar-refractivity contribution in [2.75, 3.05) is 18.4 Å². The zero-order valence-corrected chi connectivity index (χ0v) is 19.5. The molecule has 1 saturated heterocycles. The third kappa shape index (κ3) is 4.89. The minimum absolute atomic E-state index is 0.200. The molecule has 0 atom stereocenters. The number of hydrogen-bond donors (Lipinski definition) is 1. The van der Waals surface area contributed by atoms with E-state index in [0.29, 0.717) is 16.4 Å². The molecule has 3 heterocycles. The first-order chi connectivity index (χ1) is 16.2. The molecule has 1 amide bonds. The van der Waals surface area contributed by atoms with Gasteiger partial charge in [-0.15, -0.1) is 11.3 Å². The van der Waals surface area contributed by atoms with Gasteiger partial charge in [-0.3, -0.25) is 15.0 Å². The van der Waals surface area contributed by atoms with Crippen LogP contribution in [0, 0.1) is 6.92 Å². The molecule has 168 valence electrons. The normalized spacial score (nSPS) is 14.3. The lowest BCUT2D eigenvalue weighted by Gasteiger charge is -2.25. The molecule has 5 rings (SSSR count). The average molecular weight is 458 g/mol. The second-order valence-corrected chi connectivity index (χ2v) is 9.28. The summed E-state index contributed by atoms with van der Waals surface area (Å²) in [5, 5.41) is 10.5. The topological polar surface area (TPSA) is 63.1 Å². The average Bonchev–Trinajstić information content (AvgIpc) is 3.48. The Labute approximate surface area is 197 Å². The number of amides is 1. The molecule has 1 aliphatic rings. The van der Waals surface area contributed by atoms with E-state index in [2.05, 4.69) is 15.2 Å². The zero-order chi connectivity index (χ0) is 22.6. The first-order valence-corrected chi connectivity index (χ1v) is 12.2. The Morgan fingerprint density at radius 2 is 1.79 bits per heavy atom. The van der Waals surface area contributed by atoms with Crippen LogP contribution >= 0.6 is 11.3 Å². The van der Waals surface area contributed by atoms with Crippen molar-refractivity contribution in [1.29, 1.82) is 0 Å². The molecule has 33 heavy (non-hydrogen) atoms. The molecular weight excluding hydrogens is 430 g/mol. The van der Waals surface area contributed by atoms with Crippen LogP contribution in [-0.2, 0) is 6.54 Å². The van der Waals surface area contributed by atoms with Gasteiger partial charge in [0.1, 0.15) is 5.69 Å². The van der Waals surface area contributed by atoms with Gasteiger partial charge in [-0.05, 0) is 50.6 Å². The molecule has 2 aromatic carbocycles. The quantitative estimate of drug-likeness (QED) is 0.413. The van der Waals surface area contributed by atoms with Gasteiger partial charge in [0.2, 0.25) is 0 Å². The lowest BCUT2D eigenvalue weighted by atomic mass is 10.0. The highest BCUT2D eigenvalue weighted by molar-refractivity contribution is 7.14. The standard InChI is InChI=1S/C26H27N5OS/c1-19-10-6-7-13-22(19)24-23(17-31(29-24)21-11-4-2-5-12-21)25(32)28-26-27-20(18-33-26)16-30-14-8-3-9-15-30/h2,4-7,10-13,17-18H,3,8-9,14-16H2,1H3,(H,27,28,32). The van der Waals surface area contributed by atoms with Crippen LogP contribution in [0.4, 0.5) is 5.13 Å². The number of anilines is 1. The van der Waals surface area contributed by atoms with Crippen molar-refractivity contribution in [2.24, 2.45) is 0 Å². The Balaban J connectivity index is 1.41. The third-order valence-electron chi connectivity index (χ3n) is 5.99. The zero-order valence-electron chi connectivity index (χ0n) is 18.7. The second kappa shape index (κ2) is 9.68. The van der Waals surface area contributed by atoms with Gasteiger partial charge in [-0.2, -0.15) is 5.10 Å². The molecule has 6 nitrogen and oxygen atoms in total. The van der Waals surface area contributed by atoms with Crippen LogP contribution in [0.2, 0.25) is 0 Å². The number of benzene rings is 2. The van der Waals surface area contributed by atoms with Gasteiger partial charge < -0.3 is 0 Å². The smallest absolute Gasteiger partial charge is 0.261 e. The van der Waals surface area contributed by atoms with Crippen LogP contribution in [0.5, 0.6) is 0 Å². The minimum Gasteiger partial charge on any atom is -0.298 e. The molecule has 1 aliphatic heterocycles. The monoisotopic (exact) mass is 457 g/mol. The third-order valence-corrected chi connectivity index (χ3v) is 6.79. The minimum atomic E-state index is -0.200. The van der Waals surface area contributed by atoms with E-state index in [9.17, 15) is 4.79 Å². The number of para-hydroxylation sites is 1. The molecule has 1 fully saturated rings. The number of rotatable bonds is 6. The molecule has 0 radical (unpaired) electrons. The number of nitrogens with one attached hydrogen (secondary N) is 1. The van der Waals surface area contributed by atoms with E-state index < -0.39 is 0 Å². The van der Waals surface area contributed by atoms with Crippen molar-refractivity contribution < 1.29 is 4.79 Å². The fraction of sp³-hybridized carbons (Fsp3) is 0.269. The van der Waals surface area contributed by atoms with E-state index in [0.717, 1.165) is 42.1 Å². The summed E-state index contributed by atoms with van der Waals surface area (Å²) in [4.78, 5) is 20.5. The van der Waals surface area contributed by atoms with Crippen molar-refractivity contribution in [3.8, 4) is 16.9 Å². The summed E-state index contributed by atoms with van der Waals surface area (Å²) in [6, 6.07) is 17.8. The summed E-state index contributed by atoms with van der Waals surface area (Å²) in [5.41, 5.74) is 5.13. The van der Waals surface area contributed by atoms with Gasteiger partial charge in [0.15, 0.2) is 5.13 Å². The summed E-state index contributed by atoms with van der Waals surface area (Å²) in [7, 11) is 0. The van der Waals surface area contributed by atoms with Crippen molar-refractivity contribution in [2.45, 2.75) is 32.7 Å². The number of aromatic nitrogens is 3. The molecule has 0 spiro atoms. The van der Waals surface area contributed by atoms with Crippen molar-refractivity contribution in [1.82, 2.24) is 19.7 Å². The summed E-state index contributed by atoms with van der Waals surface area (Å²) in [6.07, 6.45) is 5.62. The fourth-order valence-electron chi connectivity index (χ4n) is 4.24. The number of thiazole rings is 1. The van der Waals surface area contributed by atoms with Crippen LogP contribution < -0.4 is 5.32 Å². The Hall–Kier alpha value is -3.29. The SMILES string of the molecule is Cc1ccccc1-c1nn(-c2ccccc2)cc1C(=O)Nc1nc(CN2CCCCC2)cs1. The lowest BCUT2D eigenvalue weighted by molar-refractivity contribution is 0.102. The van der Waals surface area contributed by atoms with Crippen molar-refractivity contribution in [3.63, 3.8) is 0 Å². The maximum Gasteiger partial charge on any atom is 0.261 e. The lowest BCUT2D eigenvalue weighted by Crippen LogP contribution is -2.29. The highest BCUT2D eigenvalue weighted by Crippen LogP contribution is 2.28. The van der Waals surface area contributed by atoms with Crippen molar-refractivity contribution in [3.05, 3.63) is 83.0 Å². The van der Waals surface area contributed by atoms with E-state index in [4.69, 9.17) is 5.10 Å². The van der Waals surface area contributed by atoms with Gasteiger partial charge in [-0.1, -0.05) is 48.9 Å². The summed E-state index contributed by atoms with van der Waals surface area (Å²) in [5.74, 6) is -0.200. The predicted molar refractivity (Wildman–Crippen MR) is 133 cm³/mol. The number of carbonyl (C=O) groups excluding carboxylic acids is 1. The Bertz CT molecular complexity index is 1240. The number of piperidine rings is 1. The number of carbonyl (C=O) groups is 1. The molecule has 0 unspecified atom stereocenters. The summed E-state index contributed by atoms with van der Waals surface area (Å²) < 4.78 is 1.76. The highest BCUT2D eigenvalue weighted by Gasteiger charge is 2.21. The van der Waals surface area contributed by atoms with Crippen LogP contribution in [-0.4, -0.2) is 38.7 Å². The molecule has 2 aromatic heterocycles. The Morgan fingerprint density at radius 1 is 1.03 bits per heavy atom. The second-order valence-electron chi connectivity index (χ2n) is 8.42. The van der Waals surface area contributed by atoms with Crippen LogP contribution in [0.1, 0.15) is 40.9 Å². The van der Waals surface area contributed by atoms with E-state index in [1.54, 1.807) is 10.9 Å². The number of hydrogen-bond acceptors (Lipinski definition) is 5. The molecule has 0 aliphatic carbocycles. The molecular formula is C26H27N5OS. The number of aryl methyl sites for hydroxylation is 1. The molecule has 0 saturated carbocycles. The maximum atomic E-state index is 13.4.